The molecule has 0 nitrogen and oxygen atoms in total. The summed E-state index contributed by atoms with van der Waals surface area (Å²) in [6, 6.07) is 0. The van der Waals surface area contributed by atoms with Crippen LogP contribution in [0.3, 0.4) is 0 Å². The van der Waals surface area contributed by atoms with E-state index in [2.05, 4.69) is 66.3 Å². The predicted octanol–water partition coefficient (Wildman–Crippen LogP) is 4.75. The molecule has 0 rings (SSSR count). The van der Waals surface area contributed by atoms with E-state index in [4.69, 9.17) is 0 Å². The van der Waals surface area contributed by atoms with Crippen molar-refractivity contribution in [2.24, 2.45) is 11.8 Å². The van der Waals surface area contributed by atoms with Crippen LogP contribution in [0.4, 0.5) is 0 Å². The first-order valence-electron chi connectivity index (χ1n) is 5.71. The van der Waals surface area contributed by atoms with Crippen molar-refractivity contribution in [1.29, 1.82) is 0 Å². The Kier molecular flexibility index (Phi) is 6.59. The second-order valence-electron chi connectivity index (χ2n) is 4.67. The molecule has 0 amide bonds. The highest BCUT2D eigenvalue weighted by Crippen LogP contribution is 2.30. The topological polar surface area (TPSA) is 0 Å². The predicted molar refractivity (Wildman–Crippen MR) is 69.9 cm³/mol. The van der Waals surface area contributed by atoms with Crippen molar-refractivity contribution >= 4 is 11.8 Å². The highest BCUT2D eigenvalue weighted by molar-refractivity contribution is 8.00. The lowest BCUT2D eigenvalue weighted by Gasteiger charge is -2.24. The molecule has 0 radical (unpaired) electrons. The van der Waals surface area contributed by atoms with Gasteiger partial charge in [0.2, 0.25) is 0 Å². The van der Waals surface area contributed by atoms with Crippen LogP contribution in [0.15, 0.2) is 11.6 Å². The van der Waals surface area contributed by atoms with Crippen molar-refractivity contribution in [2.45, 2.75) is 59.0 Å². The van der Waals surface area contributed by atoms with E-state index >= 15 is 0 Å². The van der Waals surface area contributed by atoms with Crippen LogP contribution in [0.2, 0.25) is 0 Å². The molecule has 1 heteroatoms. The number of allylic oxidation sites excluding steroid dienone is 1. The van der Waals surface area contributed by atoms with Crippen LogP contribution in [0, 0.1) is 11.8 Å². The molecule has 0 aromatic heterocycles. The summed E-state index contributed by atoms with van der Waals surface area (Å²) >= 11 is 2.10. The molecular formula is C13H26S. The molecule has 0 heterocycles. The lowest BCUT2D eigenvalue weighted by Crippen LogP contribution is -2.15. The van der Waals surface area contributed by atoms with Gasteiger partial charge in [0.05, 0.1) is 0 Å². The molecule has 0 saturated heterocycles. The Bertz CT molecular complexity index is 180. The van der Waals surface area contributed by atoms with E-state index < -0.39 is 0 Å². The minimum atomic E-state index is 0.664. The van der Waals surface area contributed by atoms with Gasteiger partial charge in [-0.1, -0.05) is 46.3 Å². The molecule has 2 unspecified atom stereocenters. The van der Waals surface area contributed by atoms with Crippen LogP contribution < -0.4 is 0 Å². The molecule has 0 saturated carbocycles. The van der Waals surface area contributed by atoms with Gasteiger partial charge in [-0.3, -0.25) is 0 Å². The fourth-order valence-corrected chi connectivity index (χ4v) is 3.12. The van der Waals surface area contributed by atoms with Crippen molar-refractivity contribution in [1.82, 2.24) is 0 Å². The van der Waals surface area contributed by atoms with Gasteiger partial charge in [0.25, 0.3) is 0 Å². The molecule has 0 fully saturated rings. The summed E-state index contributed by atoms with van der Waals surface area (Å²) in [6.45, 7) is 16.0. The molecule has 0 aliphatic heterocycles. The van der Waals surface area contributed by atoms with Crippen LogP contribution >= 0.6 is 11.8 Å². The third kappa shape index (κ3) is 4.54. The number of thioether (sulfide) groups is 1. The van der Waals surface area contributed by atoms with Gasteiger partial charge in [-0.05, 0) is 25.7 Å². The molecule has 0 spiro atoms. The van der Waals surface area contributed by atoms with Gasteiger partial charge in [0, 0.05) is 10.5 Å². The first kappa shape index (κ1) is 14.1. The first-order valence-corrected chi connectivity index (χ1v) is 6.66. The largest absolute Gasteiger partial charge is 0.151 e. The Balaban J connectivity index is 4.25. The molecule has 0 aliphatic rings. The summed E-state index contributed by atoms with van der Waals surface area (Å²) < 4.78 is 0. The Labute approximate surface area is 94.6 Å². The van der Waals surface area contributed by atoms with Crippen molar-refractivity contribution in [2.75, 3.05) is 0 Å². The highest BCUT2D eigenvalue weighted by atomic mass is 32.2. The average Bonchev–Trinajstić information content (AvgIpc) is 2.04. The quantitative estimate of drug-likeness (QED) is 0.595. The third-order valence-electron chi connectivity index (χ3n) is 2.83. The maximum Gasteiger partial charge on any atom is 0.0233 e. The van der Waals surface area contributed by atoms with Crippen LogP contribution in [0.1, 0.15) is 48.5 Å². The van der Waals surface area contributed by atoms with Gasteiger partial charge in [-0.2, -0.15) is 11.8 Å². The van der Waals surface area contributed by atoms with Crippen LogP contribution in [-0.4, -0.2) is 10.5 Å². The molecule has 14 heavy (non-hydrogen) atoms. The molecular weight excluding hydrogens is 188 g/mol. The highest BCUT2D eigenvalue weighted by Gasteiger charge is 2.17. The van der Waals surface area contributed by atoms with Gasteiger partial charge in [-0.25, -0.2) is 0 Å². The maximum absolute atomic E-state index is 2.33. The average molecular weight is 214 g/mol. The Morgan fingerprint density at radius 1 is 1.00 bits per heavy atom. The Morgan fingerprint density at radius 2 is 1.50 bits per heavy atom. The van der Waals surface area contributed by atoms with E-state index in [1.165, 1.54) is 0 Å². The zero-order chi connectivity index (χ0) is 11.3. The van der Waals surface area contributed by atoms with Crippen LogP contribution in [-0.2, 0) is 0 Å². The molecule has 2 atom stereocenters. The van der Waals surface area contributed by atoms with E-state index in [0.29, 0.717) is 11.2 Å². The monoisotopic (exact) mass is 214 g/mol. The number of hydrogen-bond donors (Lipinski definition) is 0. The molecule has 0 aromatic carbocycles. The normalized spacial score (nSPS) is 17.6. The van der Waals surface area contributed by atoms with Crippen LogP contribution in [0.25, 0.3) is 0 Å². The lowest BCUT2D eigenvalue weighted by molar-refractivity contribution is 0.638. The Hall–Kier alpha value is 0.0900. The lowest BCUT2D eigenvalue weighted by atomic mass is 10.0. The smallest absolute Gasteiger partial charge is 0.0233 e. The van der Waals surface area contributed by atoms with E-state index in [1.807, 2.05) is 0 Å². The molecule has 0 bridgehead atoms. The van der Waals surface area contributed by atoms with Crippen molar-refractivity contribution < 1.29 is 0 Å². The maximum atomic E-state index is 2.33. The van der Waals surface area contributed by atoms with Gasteiger partial charge < -0.3 is 0 Å². The van der Waals surface area contributed by atoms with Crippen LogP contribution in [0.5, 0.6) is 0 Å². The standard InChI is InChI=1S/C13H26S/c1-8-13(10(4)5)12(7)14-11(6)9(2)3/h8-12H,1-7H3/b13-8+. The fraction of sp³-hybridized carbons (Fsp3) is 0.846. The van der Waals surface area contributed by atoms with Gasteiger partial charge in [0.1, 0.15) is 0 Å². The second-order valence-corrected chi connectivity index (χ2v) is 6.39. The summed E-state index contributed by atoms with van der Waals surface area (Å²) in [6.07, 6.45) is 2.29. The molecule has 84 valence electrons. The SMILES string of the molecule is C/C=C(\C(C)C)C(C)SC(C)C(C)C. The molecule has 0 aromatic rings. The van der Waals surface area contributed by atoms with Gasteiger partial charge in [0.15, 0.2) is 0 Å². The van der Waals surface area contributed by atoms with Crippen molar-refractivity contribution in [3.8, 4) is 0 Å². The van der Waals surface area contributed by atoms with Crippen molar-refractivity contribution in [3.63, 3.8) is 0 Å². The minimum absolute atomic E-state index is 0.664. The third-order valence-corrected chi connectivity index (χ3v) is 4.48. The number of hydrogen-bond acceptors (Lipinski definition) is 1. The van der Waals surface area contributed by atoms with Gasteiger partial charge in [-0.15, -0.1) is 0 Å². The summed E-state index contributed by atoms with van der Waals surface area (Å²) in [5.74, 6) is 1.45. The molecule has 0 aliphatic carbocycles. The van der Waals surface area contributed by atoms with E-state index in [-0.39, 0.29) is 0 Å². The van der Waals surface area contributed by atoms with Gasteiger partial charge >= 0.3 is 0 Å². The summed E-state index contributed by atoms with van der Waals surface area (Å²) in [7, 11) is 0. The van der Waals surface area contributed by atoms with E-state index in [0.717, 1.165) is 11.2 Å². The summed E-state index contributed by atoms with van der Waals surface area (Å²) in [4.78, 5) is 0. The van der Waals surface area contributed by atoms with Crippen molar-refractivity contribution in [3.05, 3.63) is 11.6 Å². The zero-order valence-corrected chi connectivity index (χ0v) is 11.6. The Morgan fingerprint density at radius 3 is 1.79 bits per heavy atom. The number of rotatable bonds is 5. The zero-order valence-electron chi connectivity index (χ0n) is 10.8. The summed E-state index contributed by atoms with van der Waals surface area (Å²) in [5.41, 5.74) is 1.59. The second kappa shape index (κ2) is 6.55. The minimum Gasteiger partial charge on any atom is -0.151 e. The van der Waals surface area contributed by atoms with E-state index in [1.54, 1.807) is 5.57 Å². The fourth-order valence-electron chi connectivity index (χ4n) is 1.60. The van der Waals surface area contributed by atoms with E-state index in [9.17, 15) is 0 Å². The summed E-state index contributed by atoms with van der Waals surface area (Å²) in [5, 5.41) is 1.41. The molecule has 0 N–H and O–H groups in total. The first-order chi connectivity index (χ1) is 6.40.